The zero-order valence-electron chi connectivity index (χ0n) is 8.71. The highest BCUT2D eigenvalue weighted by Gasteiger charge is 2.08. The monoisotopic (exact) mass is 206 g/mol. The summed E-state index contributed by atoms with van der Waals surface area (Å²) in [7, 11) is -1.96. The van der Waals surface area contributed by atoms with E-state index in [0.717, 1.165) is 6.42 Å². The highest BCUT2D eigenvalue weighted by Crippen LogP contribution is 2.36. The summed E-state index contributed by atoms with van der Waals surface area (Å²) in [5.41, 5.74) is 0. The van der Waals surface area contributed by atoms with Gasteiger partial charge in [0.05, 0.1) is 13.7 Å². The van der Waals surface area contributed by atoms with E-state index >= 15 is 0 Å². The fourth-order valence-electron chi connectivity index (χ4n) is 0.892. The van der Waals surface area contributed by atoms with Gasteiger partial charge < -0.3 is 9.30 Å². The summed E-state index contributed by atoms with van der Waals surface area (Å²) in [6, 6.07) is 0. The van der Waals surface area contributed by atoms with Crippen molar-refractivity contribution in [2.75, 3.05) is 26.1 Å². The second-order valence-corrected chi connectivity index (χ2v) is 7.22. The number of carbonyl (C=O) groups excluding carboxylic acids is 1. The molecule has 0 aliphatic carbocycles. The molecular formula is C9H19O3P. The van der Waals surface area contributed by atoms with E-state index in [1.165, 1.54) is 0 Å². The number of hydrogen-bond donors (Lipinski definition) is 0. The summed E-state index contributed by atoms with van der Waals surface area (Å²) in [5, 5.41) is 0. The fraction of sp³-hybridized carbons (Fsp3) is 0.889. The molecule has 0 amide bonds. The van der Waals surface area contributed by atoms with E-state index in [-0.39, 0.29) is 5.97 Å². The Morgan fingerprint density at radius 1 is 1.38 bits per heavy atom. The second kappa shape index (κ2) is 6.20. The van der Waals surface area contributed by atoms with E-state index in [1.54, 1.807) is 13.3 Å². The second-order valence-electron chi connectivity index (χ2n) is 3.62. The maximum Gasteiger partial charge on any atom is 0.305 e. The first-order chi connectivity index (χ1) is 5.95. The number of esters is 1. The van der Waals surface area contributed by atoms with Gasteiger partial charge in [-0.25, -0.2) is 0 Å². The zero-order valence-corrected chi connectivity index (χ0v) is 9.60. The molecule has 4 heteroatoms. The minimum absolute atomic E-state index is 0.171. The summed E-state index contributed by atoms with van der Waals surface area (Å²) in [6.07, 6.45) is 2.55. The van der Waals surface area contributed by atoms with Crippen LogP contribution in [0.4, 0.5) is 0 Å². The maximum atomic E-state index is 11.3. The van der Waals surface area contributed by atoms with Crippen molar-refractivity contribution in [2.45, 2.75) is 26.2 Å². The Balaban J connectivity index is 3.43. The minimum Gasteiger partial charge on any atom is -0.466 e. The molecule has 0 unspecified atom stereocenters. The largest absolute Gasteiger partial charge is 0.466 e. The lowest BCUT2D eigenvalue weighted by atomic mass is 10.3. The molecule has 0 heterocycles. The molecule has 0 radical (unpaired) electrons. The normalized spacial score (nSPS) is 11.3. The van der Waals surface area contributed by atoms with Gasteiger partial charge in [-0.1, -0.05) is 6.92 Å². The van der Waals surface area contributed by atoms with Crippen LogP contribution < -0.4 is 0 Å². The third kappa shape index (κ3) is 9.62. The third-order valence-electron chi connectivity index (χ3n) is 1.54. The van der Waals surface area contributed by atoms with Crippen LogP contribution in [0.2, 0.25) is 0 Å². The van der Waals surface area contributed by atoms with Crippen LogP contribution in [0.15, 0.2) is 0 Å². The van der Waals surface area contributed by atoms with Gasteiger partial charge in [-0.15, -0.1) is 0 Å². The minimum atomic E-state index is -1.96. The van der Waals surface area contributed by atoms with Crippen LogP contribution in [0.3, 0.4) is 0 Å². The topological polar surface area (TPSA) is 43.4 Å². The first kappa shape index (κ1) is 12.7. The fourth-order valence-corrected chi connectivity index (χ4v) is 1.81. The molecule has 0 aliphatic rings. The van der Waals surface area contributed by atoms with Gasteiger partial charge in [-0.3, -0.25) is 4.79 Å². The lowest BCUT2D eigenvalue weighted by Gasteiger charge is -2.05. The standard InChI is InChI=1S/C9H19O3P/c1-4-7-12-9(10)6-5-8-13(2,3)11/h4-8H2,1-3H3. The van der Waals surface area contributed by atoms with Gasteiger partial charge in [0.15, 0.2) is 0 Å². The maximum absolute atomic E-state index is 11.3. The summed E-state index contributed by atoms with van der Waals surface area (Å²) in [4.78, 5) is 11.0. The summed E-state index contributed by atoms with van der Waals surface area (Å²) >= 11 is 0. The van der Waals surface area contributed by atoms with Gasteiger partial charge >= 0.3 is 5.97 Å². The molecule has 0 aliphatic heterocycles. The number of carbonyl (C=O) groups is 1. The molecule has 0 aromatic heterocycles. The van der Waals surface area contributed by atoms with E-state index in [1.807, 2.05) is 6.92 Å². The Bertz CT molecular complexity index is 195. The number of hydrogen-bond acceptors (Lipinski definition) is 3. The van der Waals surface area contributed by atoms with Crippen LogP contribution in [0.1, 0.15) is 26.2 Å². The Hall–Kier alpha value is -0.300. The highest BCUT2D eigenvalue weighted by atomic mass is 31.2. The Morgan fingerprint density at radius 2 is 2.00 bits per heavy atom. The average molecular weight is 206 g/mol. The summed E-state index contributed by atoms with van der Waals surface area (Å²) in [5.74, 6) is -0.171. The first-order valence-electron chi connectivity index (χ1n) is 4.65. The highest BCUT2D eigenvalue weighted by molar-refractivity contribution is 7.62. The first-order valence-corrected chi connectivity index (χ1v) is 7.44. The van der Waals surface area contributed by atoms with Crippen LogP contribution in [0, 0.1) is 0 Å². The molecule has 0 N–H and O–H groups in total. The third-order valence-corrected chi connectivity index (χ3v) is 2.94. The molecule has 0 spiro atoms. The van der Waals surface area contributed by atoms with Gasteiger partial charge in [0, 0.05) is 12.6 Å². The van der Waals surface area contributed by atoms with Crippen LogP contribution in [0.5, 0.6) is 0 Å². The van der Waals surface area contributed by atoms with Gasteiger partial charge in [0.2, 0.25) is 0 Å². The van der Waals surface area contributed by atoms with E-state index in [2.05, 4.69) is 0 Å². The van der Waals surface area contributed by atoms with Crippen molar-refractivity contribution in [3.63, 3.8) is 0 Å². The summed E-state index contributed by atoms with van der Waals surface area (Å²) < 4.78 is 16.1. The van der Waals surface area contributed by atoms with Gasteiger partial charge in [-0.2, -0.15) is 0 Å². The smallest absolute Gasteiger partial charge is 0.305 e. The lowest BCUT2D eigenvalue weighted by molar-refractivity contribution is -0.143. The van der Waals surface area contributed by atoms with Crippen molar-refractivity contribution in [3.8, 4) is 0 Å². The van der Waals surface area contributed by atoms with Crippen molar-refractivity contribution >= 4 is 13.1 Å². The molecule has 13 heavy (non-hydrogen) atoms. The average Bonchev–Trinajstić information content (AvgIpc) is 1.98. The van der Waals surface area contributed by atoms with Crippen molar-refractivity contribution in [3.05, 3.63) is 0 Å². The SMILES string of the molecule is CCCOC(=O)CCCP(C)(C)=O. The quantitative estimate of drug-likeness (QED) is 0.495. The Labute approximate surface area is 80.2 Å². The van der Waals surface area contributed by atoms with Gasteiger partial charge in [0.25, 0.3) is 0 Å². The molecule has 0 rings (SSSR count). The molecule has 0 saturated carbocycles. The van der Waals surface area contributed by atoms with Crippen LogP contribution in [-0.4, -0.2) is 32.1 Å². The van der Waals surface area contributed by atoms with Crippen LogP contribution in [-0.2, 0) is 14.1 Å². The molecule has 78 valence electrons. The lowest BCUT2D eigenvalue weighted by Crippen LogP contribution is -2.05. The molecule has 0 fully saturated rings. The van der Waals surface area contributed by atoms with E-state index in [0.29, 0.717) is 25.6 Å². The molecule has 0 bridgehead atoms. The van der Waals surface area contributed by atoms with E-state index in [4.69, 9.17) is 4.74 Å². The van der Waals surface area contributed by atoms with Crippen molar-refractivity contribution in [1.82, 2.24) is 0 Å². The number of rotatable bonds is 6. The molecular weight excluding hydrogens is 187 g/mol. The molecule has 0 saturated heterocycles. The molecule has 0 aromatic rings. The van der Waals surface area contributed by atoms with E-state index < -0.39 is 7.14 Å². The summed E-state index contributed by atoms with van der Waals surface area (Å²) in [6.45, 7) is 5.93. The molecule has 0 aromatic carbocycles. The Kier molecular flexibility index (Phi) is 6.06. The predicted octanol–water partition coefficient (Wildman–Crippen LogP) is 2.34. The van der Waals surface area contributed by atoms with E-state index in [9.17, 15) is 9.36 Å². The van der Waals surface area contributed by atoms with Crippen LogP contribution >= 0.6 is 7.14 Å². The predicted molar refractivity (Wildman–Crippen MR) is 54.8 cm³/mol. The molecule has 0 atom stereocenters. The van der Waals surface area contributed by atoms with Crippen molar-refractivity contribution < 1.29 is 14.1 Å². The van der Waals surface area contributed by atoms with Crippen molar-refractivity contribution in [2.24, 2.45) is 0 Å². The Morgan fingerprint density at radius 3 is 2.46 bits per heavy atom. The van der Waals surface area contributed by atoms with Crippen LogP contribution in [0.25, 0.3) is 0 Å². The molecule has 3 nitrogen and oxygen atoms in total. The van der Waals surface area contributed by atoms with Gasteiger partial charge in [-0.05, 0) is 26.2 Å². The zero-order chi connectivity index (χ0) is 10.3. The number of ether oxygens (including phenoxy) is 1. The van der Waals surface area contributed by atoms with Gasteiger partial charge in [0.1, 0.15) is 0 Å². The van der Waals surface area contributed by atoms with Crippen molar-refractivity contribution in [1.29, 1.82) is 0 Å².